The lowest BCUT2D eigenvalue weighted by Gasteiger charge is -2.26. The Morgan fingerprint density at radius 3 is 2.30 bits per heavy atom. The fourth-order valence-electron chi connectivity index (χ4n) is 3.95. The summed E-state index contributed by atoms with van der Waals surface area (Å²) >= 11 is 0. The highest BCUT2D eigenvalue weighted by Crippen LogP contribution is 2.27. The monoisotopic (exact) mass is 364 g/mol. The van der Waals surface area contributed by atoms with Crippen molar-refractivity contribution in [3.8, 4) is 0 Å². The maximum absolute atomic E-state index is 12.9. The molecule has 1 aromatic heterocycles. The van der Waals surface area contributed by atoms with Gasteiger partial charge in [-0.1, -0.05) is 30.3 Å². The molecule has 0 saturated carbocycles. The normalized spacial score (nSPS) is 16.1. The number of fused-ring (bicyclic) bond motifs is 1. The first-order chi connectivity index (χ1) is 13.2. The van der Waals surface area contributed by atoms with Crippen LogP contribution in [0.5, 0.6) is 0 Å². The number of nitrogens with zero attached hydrogens (tertiary/aromatic N) is 3. The Balaban J connectivity index is 1.54. The van der Waals surface area contributed by atoms with E-state index in [9.17, 15) is 9.59 Å². The Labute approximate surface area is 159 Å². The van der Waals surface area contributed by atoms with Crippen LogP contribution < -0.4 is 5.32 Å². The fraction of sp³-hybridized carbons (Fsp3) is 0.429. The van der Waals surface area contributed by atoms with Crippen LogP contribution in [0.1, 0.15) is 63.4 Å². The molecule has 2 heterocycles. The first-order valence-corrected chi connectivity index (χ1v) is 9.74. The van der Waals surface area contributed by atoms with Gasteiger partial charge in [-0.05, 0) is 55.2 Å². The molecule has 1 saturated heterocycles. The molecule has 4 rings (SSSR count). The van der Waals surface area contributed by atoms with Gasteiger partial charge in [-0.15, -0.1) is 10.2 Å². The number of piperidine rings is 1. The number of aromatic nitrogens is 2. The van der Waals surface area contributed by atoms with Gasteiger partial charge in [-0.2, -0.15) is 0 Å². The molecular formula is C21H24N4O2. The third-order valence-electron chi connectivity index (χ3n) is 5.40. The zero-order chi connectivity index (χ0) is 18.6. The highest BCUT2D eigenvalue weighted by Gasteiger charge is 2.30. The second kappa shape index (κ2) is 7.86. The molecule has 1 aliphatic heterocycles. The number of likely N-dealkylation sites (tertiary alicyclic amines) is 1. The van der Waals surface area contributed by atoms with Crippen LogP contribution in [0, 0.1) is 0 Å². The Bertz CT molecular complexity index is 845. The molecular weight excluding hydrogens is 340 g/mol. The van der Waals surface area contributed by atoms with E-state index in [1.807, 2.05) is 35.2 Å². The van der Waals surface area contributed by atoms with E-state index in [2.05, 4.69) is 15.5 Å². The molecule has 2 aromatic rings. The molecule has 140 valence electrons. The van der Waals surface area contributed by atoms with E-state index < -0.39 is 0 Å². The molecule has 0 bridgehead atoms. The quantitative estimate of drug-likeness (QED) is 0.905. The molecule has 0 radical (unpaired) electrons. The number of amides is 2. The largest absolute Gasteiger partial charge is 0.347 e. The van der Waals surface area contributed by atoms with Crippen molar-refractivity contribution < 1.29 is 9.59 Å². The second-order valence-electron chi connectivity index (χ2n) is 7.23. The third-order valence-corrected chi connectivity index (χ3v) is 5.40. The van der Waals surface area contributed by atoms with Crippen molar-refractivity contribution in [2.24, 2.45) is 0 Å². The van der Waals surface area contributed by atoms with Crippen LogP contribution in [-0.2, 0) is 19.4 Å². The predicted octanol–water partition coefficient (Wildman–Crippen LogP) is 2.52. The minimum Gasteiger partial charge on any atom is -0.347 e. The Kier molecular flexibility index (Phi) is 5.14. The van der Waals surface area contributed by atoms with Gasteiger partial charge in [0.1, 0.15) is 0 Å². The first-order valence-electron chi connectivity index (χ1n) is 9.74. The summed E-state index contributed by atoms with van der Waals surface area (Å²) in [5, 5.41) is 11.3. The SMILES string of the molecule is O=C(NCc1ccccc1)c1nnc(C(=O)N2CCCCC2)c2c1CCC2. The Morgan fingerprint density at radius 1 is 0.889 bits per heavy atom. The molecule has 1 fully saturated rings. The highest BCUT2D eigenvalue weighted by atomic mass is 16.2. The van der Waals surface area contributed by atoms with Crippen molar-refractivity contribution in [1.82, 2.24) is 20.4 Å². The number of hydrogen-bond acceptors (Lipinski definition) is 4. The lowest BCUT2D eigenvalue weighted by Crippen LogP contribution is -2.37. The molecule has 27 heavy (non-hydrogen) atoms. The number of rotatable bonds is 4. The molecule has 1 aromatic carbocycles. The van der Waals surface area contributed by atoms with E-state index in [-0.39, 0.29) is 11.8 Å². The van der Waals surface area contributed by atoms with E-state index in [0.29, 0.717) is 17.9 Å². The smallest absolute Gasteiger partial charge is 0.274 e. The van der Waals surface area contributed by atoms with Crippen LogP contribution in [0.4, 0.5) is 0 Å². The summed E-state index contributed by atoms with van der Waals surface area (Å²) in [5.41, 5.74) is 3.67. The molecule has 0 atom stereocenters. The fourth-order valence-corrected chi connectivity index (χ4v) is 3.95. The van der Waals surface area contributed by atoms with Gasteiger partial charge >= 0.3 is 0 Å². The molecule has 1 aliphatic carbocycles. The van der Waals surface area contributed by atoms with E-state index in [0.717, 1.165) is 61.9 Å². The lowest BCUT2D eigenvalue weighted by molar-refractivity contribution is 0.0715. The van der Waals surface area contributed by atoms with Crippen molar-refractivity contribution in [1.29, 1.82) is 0 Å². The van der Waals surface area contributed by atoms with E-state index in [1.165, 1.54) is 6.42 Å². The van der Waals surface area contributed by atoms with Crippen LogP contribution in [0.25, 0.3) is 0 Å². The zero-order valence-corrected chi connectivity index (χ0v) is 15.4. The summed E-state index contributed by atoms with van der Waals surface area (Å²) in [5.74, 6) is -0.252. The highest BCUT2D eigenvalue weighted by molar-refractivity contribution is 5.97. The molecule has 6 heteroatoms. The molecule has 0 unspecified atom stereocenters. The summed E-state index contributed by atoms with van der Waals surface area (Å²) in [6.07, 6.45) is 5.76. The number of carbonyl (C=O) groups is 2. The first kappa shape index (κ1) is 17.6. The minimum absolute atomic E-state index is 0.0309. The van der Waals surface area contributed by atoms with E-state index in [4.69, 9.17) is 0 Å². The minimum atomic E-state index is -0.221. The van der Waals surface area contributed by atoms with Gasteiger partial charge in [0.15, 0.2) is 11.4 Å². The van der Waals surface area contributed by atoms with E-state index >= 15 is 0 Å². The summed E-state index contributed by atoms with van der Waals surface area (Å²) in [6, 6.07) is 9.77. The summed E-state index contributed by atoms with van der Waals surface area (Å²) in [7, 11) is 0. The van der Waals surface area contributed by atoms with E-state index in [1.54, 1.807) is 0 Å². The van der Waals surface area contributed by atoms with Gasteiger partial charge < -0.3 is 10.2 Å². The Morgan fingerprint density at radius 2 is 1.56 bits per heavy atom. The number of carbonyl (C=O) groups excluding carboxylic acids is 2. The van der Waals surface area contributed by atoms with Crippen molar-refractivity contribution in [3.63, 3.8) is 0 Å². The van der Waals surface area contributed by atoms with Gasteiger partial charge in [0, 0.05) is 19.6 Å². The van der Waals surface area contributed by atoms with Crippen LogP contribution in [0.15, 0.2) is 30.3 Å². The number of nitrogens with one attached hydrogen (secondary N) is 1. The van der Waals surface area contributed by atoms with Crippen LogP contribution >= 0.6 is 0 Å². The van der Waals surface area contributed by atoms with Crippen molar-refractivity contribution in [3.05, 3.63) is 58.4 Å². The molecule has 0 spiro atoms. The number of benzene rings is 1. The van der Waals surface area contributed by atoms with Crippen LogP contribution in [-0.4, -0.2) is 40.0 Å². The molecule has 6 nitrogen and oxygen atoms in total. The van der Waals surface area contributed by atoms with Crippen molar-refractivity contribution >= 4 is 11.8 Å². The molecule has 2 amide bonds. The summed E-state index contributed by atoms with van der Waals surface area (Å²) in [6.45, 7) is 2.02. The average molecular weight is 364 g/mol. The summed E-state index contributed by atoms with van der Waals surface area (Å²) in [4.78, 5) is 27.4. The topological polar surface area (TPSA) is 75.2 Å². The van der Waals surface area contributed by atoms with Gasteiger partial charge in [0.2, 0.25) is 0 Å². The molecule has 2 aliphatic rings. The van der Waals surface area contributed by atoms with Crippen LogP contribution in [0.3, 0.4) is 0 Å². The average Bonchev–Trinajstić information content (AvgIpc) is 3.22. The number of hydrogen-bond donors (Lipinski definition) is 1. The standard InChI is InChI=1S/C21H24N4O2/c26-20(22-14-15-8-3-1-4-9-15)18-16-10-7-11-17(16)19(24-23-18)21(27)25-12-5-2-6-13-25/h1,3-4,8-9H,2,5-7,10-14H2,(H,22,26). The summed E-state index contributed by atoms with van der Waals surface area (Å²) < 4.78 is 0. The maximum atomic E-state index is 12.9. The zero-order valence-electron chi connectivity index (χ0n) is 15.4. The van der Waals surface area contributed by atoms with Gasteiger partial charge in [-0.3, -0.25) is 9.59 Å². The van der Waals surface area contributed by atoms with Gasteiger partial charge in [0.25, 0.3) is 11.8 Å². The third kappa shape index (κ3) is 3.70. The second-order valence-corrected chi connectivity index (χ2v) is 7.23. The van der Waals surface area contributed by atoms with Gasteiger partial charge in [0.05, 0.1) is 0 Å². The Hall–Kier alpha value is -2.76. The predicted molar refractivity (Wildman–Crippen MR) is 101 cm³/mol. The van der Waals surface area contributed by atoms with Crippen molar-refractivity contribution in [2.45, 2.75) is 45.1 Å². The van der Waals surface area contributed by atoms with Gasteiger partial charge in [-0.25, -0.2) is 0 Å². The van der Waals surface area contributed by atoms with Crippen molar-refractivity contribution in [2.75, 3.05) is 13.1 Å². The lowest BCUT2D eigenvalue weighted by atomic mass is 10.0. The van der Waals surface area contributed by atoms with Crippen LogP contribution in [0.2, 0.25) is 0 Å². The molecule has 1 N–H and O–H groups in total. The maximum Gasteiger partial charge on any atom is 0.274 e.